The maximum Gasteiger partial charge on any atom is 0.313 e. The summed E-state index contributed by atoms with van der Waals surface area (Å²) in [5.41, 5.74) is 6.92. The van der Waals surface area contributed by atoms with E-state index in [1.807, 2.05) is 19.9 Å². The minimum absolute atomic E-state index is 0.0291. The number of rotatable bonds is 3. The van der Waals surface area contributed by atoms with Crippen LogP contribution in [0.4, 0.5) is 5.69 Å². The molecule has 6 heteroatoms. The predicted octanol–water partition coefficient (Wildman–Crippen LogP) is 2.71. The molecule has 0 aliphatic rings. The van der Waals surface area contributed by atoms with Crippen LogP contribution < -0.4 is 16.0 Å². The summed E-state index contributed by atoms with van der Waals surface area (Å²) in [5.74, 6) is 0.489. The van der Waals surface area contributed by atoms with Crippen molar-refractivity contribution in [2.45, 2.75) is 20.4 Å². The Morgan fingerprint density at radius 2 is 2.21 bits per heavy atom. The number of benzene rings is 1. The van der Waals surface area contributed by atoms with Gasteiger partial charge in [0, 0.05) is 23.4 Å². The van der Waals surface area contributed by atoms with Gasteiger partial charge in [0.05, 0.1) is 5.69 Å². The summed E-state index contributed by atoms with van der Waals surface area (Å²) in [5, 5.41) is 0. The zero-order valence-corrected chi connectivity index (χ0v) is 12.3. The Bertz CT molecular complexity index is 644. The van der Waals surface area contributed by atoms with E-state index in [0.717, 1.165) is 10.0 Å². The predicted molar refractivity (Wildman–Crippen MR) is 77.5 cm³/mol. The van der Waals surface area contributed by atoms with Crippen LogP contribution in [0, 0.1) is 6.92 Å². The van der Waals surface area contributed by atoms with Gasteiger partial charge in [0.1, 0.15) is 0 Å². The van der Waals surface area contributed by atoms with Crippen LogP contribution in [-0.2, 0) is 6.54 Å². The molecule has 0 aliphatic heterocycles. The summed E-state index contributed by atoms with van der Waals surface area (Å²) in [6.07, 6.45) is 3.15. The van der Waals surface area contributed by atoms with Gasteiger partial charge >= 0.3 is 5.56 Å². The maximum absolute atomic E-state index is 12.0. The molecule has 0 bridgehead atoms. The fraction of sp³-hybridized carbons (Fsp3) is 0.231. The fourth-order valence-electron chi connectivity index (χ4n) is 1.74. The van der Waals surface area contributed by atoms with E-state index in [9.17, 15) is 4.79 Å². The largest absolute Gasteiger partial charge is 0.432 e. The molecule has 0 saturated heterocycles. The normalized spacial score (nSPS) is 10.5. The van der Waals surface area contributed by atoms with E-state index >= 15 is 0 Å². The van der Waals surface area contributed by atoms with Gasteiger partial charge in [-0.2, -0.15) is 0 Å². The first-order chi connectivity index (χ1) is 9.02. The molecular weight excluding hydrogens is 310 g/mol. The van der Waals surface area contributed by atoms with Crippen molar-refractivity contribution in [1.82, 2.24) is 9.55 Å². The fourth-order valence-corrected chi connectivity index (χ4v) is 2.33. The molecule has 0 atom stereocenters. The highest BCUT2D eigenvalue weighted by atomic mass is 79.9. The first-order valence-corrected chi connectivity index (χ1v) is 6.61. The first kappa shape index (κ1) is 13.6. The zero-order valence-electron chi connectivity index (χ0n) is 10.7. The number of hydrogen-bond donors (Lipinski definition) is 1. The lowest BCUT2D eigenvalue weighted by molar-refractivity contribution is 0.444. The van der Waals surface area contributed by atoms with Crippen LogP contribution in [0.3, 0.4) is 0 Å². The number of aromatic nitrogens is 2. The number of nitrogens with zero attached hydrogens (tertiary/aromatic N) is 2. The van der Waals surface area contributed by atoms with Gasteiger partial charge in [0.2, 0.25) is 0 Å². The molecule has 0 radical (unpaired) electrons. The molecular formula is C13H14BrN3O2. The number of nitrogen functional groups attached to an aromatic ring is 1. The van der Waals surface area contributed by atoms with Crippen molar-refractivity contribution in [2.75, 3.05) is 5.73 Å². The Balaban J connectivity index is 2.45. The van der Waals surface area contributed by atoms with E-state index < -0.39 is 0 Å². The standard InChI is InChI=1S/C13H14BrN3O2/c1-3-17-5-4-16-12(13(17)18)19-11-8(2)6-9(14)7-10(11)15/h4-7H,3,15H2,1-2H3. The summed E-state index contributed by atoms with van der Waals surface area (Å²) >= 11 is 3.35. The van der Waals surface area contributed by atoms with E-state index in [4.69, 9.17) is 10.5 Å². The third-order valence-electron chi connectivity index (χ3n) is 2.69. The van der Waals surface area contributed by atoms with E-state index in [1.165, 1.54) is 10.8 Å². The van der Waals surface area contributed by atoms with Gasteiger partial charge in [-0.05, 0) is 31.5 Å². The lowest BCUT2D eigenvalue weighted by atomic mass is 10.2. The molecule has 0 fully saturated rings. The molecule has 0 amide bonds. The summed E-state index contributed by atoms with van der Waals surface area (Å²) in [7, 11) is 0. The molecule has 100 valence electrons. The number of anilines is 1. The van der Waals surface area contributed by atoms with Crippen LogP contribution in [0.15, 0.2) is 33.8 Å². The number of halogens is 1. The van der Waals surface area contributed by atoms with Crippen molar-refractivity contribution in [3.05, 3.63) is 44.9 Å². The Morgan fingerprint density at radius 1 is 1.47 bits per heavy atom. The van der Waals surface area contributed by atoms with Gasteiger partial charge in [-0.15, -0.1) is 0 Å². The molecule has 1 aromatic carbocycles. The van der Waals surface area contributed by atoms with Crippen molar-refractivity contribution >= 4 is 21.6 Å². The topological polar surface area (TPSA) is 70.1 Å². The highest BCUT2D eigenvalue weighted by Crippen LogP contribution is 2.32. The van der Waals surface area contributed by atoms with Crippen molar-refractivity contribution in [3.8, 4) is 11.6 Å². The van der Waals surface area contributed by atoms with Crippen molar-refractivity contribution < 1.29 is 4.74 Å². The van der Waals surface area contributed by atoms with Crippen LogP contribution in [0.1, 0.15) is 12.5 Å². The second-order valence-electron chi connectivity index (χ2n) is 4.07. The van der Waals surface area contributed by atoms with E-state index in [-0.39, 0.29) is 11.4 Å². The van der Waals surface area contributed by atoms with Crippen LogP contribution in [-0.4, -0.2) is 9.55 Å². The van der Waals surface area contributed by atoms with E-state index in [0.29, 0.717) is 18.0 Å². The van der Waals surface area contributed by atoms with Gasteiger partial charge in [-0.3, -0.25) is 4.79 Å². The van der Waals surface area contributed by atoms with Crippen LogP contribution >= 0.6 is 15.9 Å². The minimum atomic E-state index is -0.272. The summed E-state index contributed by atoms with van der Waals surface area (Å²) in [4.78, 5) is 16.0. The average Bonchev–Trinajstić information content (AvgIpc) is 2.35. The molecule has 0 saturated carbocycles. The second-order valence-corrected chi connectivity index (χ2v) is 4.98. The van der Waals surface area contributed by atoms with Crippen molar-refractivity contribution in [2.24, 2.45) is 0 Å². The molecule has 0 spiro atoms. The Morgan fingerprint density at radius 3 is 2.84 bits per heavy atom. The van der Waals surface area contributed by atoms with Crippen LogP contribution in [0.25, 0.3) is 0 Å². The SMILES string of the molecule is CCn1ccnc(Oc2c(C)cc(Br)cc2N)c1=O. The third kappa shape index (κ3) is 2.78. The number of aryl methyl sites for hydroxylation is 2. The highest BCUT2D eigenvalue weighted by molar-refractivity contribution is 9.10. The Hall–Kier alpha value is -1.82. The van der Waals surface area contributed by atoms with Gasteiger partial charge in [0.25, 0.3) is 5.88 Å². The molecule has 0 aliphatic carbocycles. The van der Waals surface area contributed by atoms with Gasteiger partial charge in [-0.25, -0.2) is 4.98 Å². The lowest BCUT2D eigenvalue weighted by Crippen LogP contribution is -2.20. The van der Waals surface area contributed by atoms with Gasteiger partial charge < -0.3 is 15.0 Å². The molecule has 2 aromatic rings. The second kappa shape index (κ2) is 5.44. The minimum Gasteiger partial charge on any atom is -0.432 e. The maximum atomic E-state index is 12.0. The quantitative estimate of drug-likeness (QED) is 0.881. The molecule has 2 rings (SSSR count). The highest BCUT2D eigenvalue weighted by Gasteiger charge is 2.12. The summed E-state index contributed by atoms with van der Waals surface area (Å²) in [6, 6.07) is 3.59. The molecule has 1 heterocycles. The molecule has 2 N–H and O–H groups in total. The van der Waals surface area contributed by atoms with Crippen molar-refractivity contribution in [3.63, 3.8) is 0 Å². The number of ether oxygens (including phenoxy) is 1. The molecule has 0 unspecified atom stereocenters. The number of hydrogen-bond acceptors (Lipinski definition) is 4. The Kier molecular flexibility index (Phi) is 3.90. The van der Waals surface area contributed by atoms with Crippen LogP contribution in [0.5, 0.6) is 11.6 Å². The number of nitrogens with two attached hydrogens (primary N) is 1. The Labute approximate surface area is 119 Å². The average molecular weight is 324 g/mol. The smallest absolute Gasteiger partial charge is 0.313 e. The van der Waals surface area contributed by atoms with Gasteiger partial charge in [-0.1, -0.05) is 15.9 Å². The molecule has 5 nitrogen and oxygen atoms in total. The zero-order chi connectivity index (χ0) is 14.0. The summed E-state index contributed by atoms with van der Waals surface area (Å²) < 4.78 is 7.96. The third-order valence-corrected chi connectivity index (χ3v) is 3.15. The lowest BCUT2D eigenvalue weighted by Gasteiger charge is -2.11. The first-order valence-electron chi connectivity index (χ1n) is 5.82. The molecule has 19 heavy (non-hydrogen) atoms. The van der Waals surface area contributed by atoms with E-state index in [2.05, 4.69) is 20.9 Å². The van der Waals surface area contributed by atoms with Crippen LogP contribution in [0.2, 0.25) is 0 Å². The van der Waals surface area contributed by atoms with E-state index in [1.54, 1.807) is 12.3 Å². The monoisotopic (exact) mass is 323 g/mol. The van der Waals surface area contributed by atoms with Crippen molar-refractivity contribution in [1.29, 1.82) is 0 Å². The summed E-state index contributed by atoms with van der Waals surface area (Å²) in [6.45, 7) is 4.30. The van der Waals surface area contributed by atoms with Gasteiger partial charge in [0.15, 0.2) is 5.75 Å². The molecule has 1 aromatic heterocycles.